The molecule has 0 radical (unpaired) electrons. The Morgan fingerprint density at radius 3 is 2.07 bits per heavy atom. The van der Waals surface area contributed by atoms with Crippen molar-refractivity contribution in [3.63, 3.8) is 0 Å². The summed E-state index contributed by atoms with van der Waals surface area (Å²) in [4.78, 5) is 29.7. The van der Waals surface area contributed by atoms with Crippen LogP contribution < -0.4 is 9.62 Å². The van der Waals surface area contributed by atoms with Gasteiger partial charge in [-0.15, -0.1) is 0 Å². The molecule has 0 aromatic heterocycles. The lowest BCUT2D eigenvalue weighted by atomic mass is 10.0. The van der Waals surface area contributed by atoms with E-state index in [4.69, 9.17) is 23.2 Å². The van der Waals surface area contributed by atoms with Crippen molar-refractivity contribution in [1.82, 2.24) is 10.2 Å². The number of aryl methyl sites for hydroxylation is 1. The molecule has 7 nitrogen and oxygen atoms in total. The van der Waals surface area contributed by atoms with Crippen LogP contribution in [0.4, 0.5) is 5.69 Å². The van der Waals surface area contributed by atoms with Crippen LogP contribution in [0.15, 0.2) is 108 Å². The summed E-state index contributed by atoms with van der Waals surface area (Å²) in [7, 11) is -4.21. The average molecular weight is 653 g/mol. The van der Waals surface area contributed by atoms with E-state index in [9.17, 15) is 18.0 Å². The van der Waals surface area contributed by atoms with Crippen LogP contribution in [0.1, 0.15) is 30.5 Å². The maximum absolute atomic E-state index is 14.5. The van der Waals surface area contributed by atoms with Crippen LogP contribution in [-0.2, 0) is 32.6 Å². The summed E-state index contributed by atoms with van der Waals surface area (Å²) in [5.74, 6) is -0.928. The minimum absolute atomic E-state index is 0.0135. The lowest BCUT2D eigenvalue weighted by molar-refractivity contribution is -0.140. The second kappa shape index (κ2) is 14.8. The fourth-order valence-corrected chi connectivity index (χ4v) is 6.80. The number of rotatable bonds is 12. The van der Waals surface area contributed by atoms with E-state index in [-0.39, 0.29) is 29.8 Å². The van der Waals surface area contributed by atoms with E-state index in [0.717, 1.165) is 9.87 Å². The van der Waals surface area contributed by atoms with Crippen molar-refractivity contribution in [3.8, 4) is 0 Å². The number of carbonyl (C=O) groups excluding carboxylic acids is 2. The Labute approximate surface area is 269 Å². The summed E-state index contributed by atoms with van der Waals surface area (Å²) in [6, 6.07) is 28.0. The van der Waals surface area contributed by atoms with Crippen molar-refractivity contribution in [1.29, 1.82) is 0 Å². The van der Waals surface area contributed by atoms with Gasteiger partial charge in [-0.3, -0.25) is 13.9 Å². The third-order valence-corrected chi connectivity index (χ3v) is 9.42. The Hall–Kier alpha value is -3.85. The van der Waals surface area contributed by atoms with E-state index in [2.05, 4.69) is 5.32 Å². The van der Waals surface area contributed by atoms with E-state index < -0.39 is 28.5 Å². The number of nitrogens with zero attached hydrogens (tertiary/aromatic N) is 2. The molecule has 0 heterocycles. The monoisotopic (exact) mass is 651 g/mol. The molecular weight excluding hydrogens is 617 g/mol. The van der Waals surface area contributed by atoms with Gasteiger partial charge in [0.05, 0.1) is 10.6 Å². The molecule has 1 N–H and O–H groups in total. The van der Waals surface area contributed by atoms with Gasteiger partial charge in [-0.2, -0.15) is 0 Å². The first kappa shape index (κ1) is 33.1. The highest BCUT2D eigenvalue weighted by Crippen LogP contribution is 2.30. The number of benzene rings is 4. The van der Waals surface area contributed by atoms with Crippen LogP contribution in [-0.4, -0.2) is 43.8 Å². The van der Waals surface area contributed by atoms with Crippen molar-refractivity contribution in [3.05, 3.63) is 130 Å². The van der Waals surface area contributed by atoms with Gasteiger partial charge in [0, 0.05) is 29.1 Å². The SMILES string of the molecule is Cc1cc(Cl)ccc1N(CC(=O)N(Cc1ccccc1Cl)[C@@H](Cc1ccccc1)C(=O)NC(C)C)S(=O)(=O)c1ccccc1. The average Bonchev–Trinajstić information content (AvgIpc) is 2.99. The normalized spacial score (nSPS) is 12.0. The van der Waals surface area contributed by atoms with E-state index in [1.807, 2.05) is 44.2 Å². The van der Waals surface area contributed by atoms with Gasteiger partial charge in [-0.05, 0) is 73.9 Å². The second-order valence-electron chi connectivity index (χ2n) is 10.7. The molecule has 0 saturated heterocycles. The number of hydrogen-bond acceptors (Lipinski definition) is 4. The lowest BCUT2D eigenvalue weighted by Crippen LogP contribution is -2.54. The maximum Gasteiger partial charge on any atom is 0.264 e. The van der Waals surface area contributed by atoms with Crippen molar-refractivity contribution in [2.45, 2.75) is 50.7 Å². The molecule has 4 aromatic carbocycles. The predicted molar refractivity (Wildman–Crippen MR) is 176 cm³/mol. The molecule has 4 aromatic rings. The number of amides is 2. The summed E-state index contributed by atoms with van der Waals surface area (Å²) in [6.45, 7) is 4.84. The first-order valence-corrected chi connectivity index (χ1v) is 16.4. The molecule has 0 fully saturated rings. The van der Waals surface area contributed by atoms with Crippen LogP contribution in [0.2, 0.25) is 10.0 Å². The van der Waals surface area contributed by atoms with Gasteiger partial charge in [-0.25, -0.2) is 8.42 Å². The smallest absolute Gasteiger partial charge is 0.264 e. The lowest BCUT2D eigenvalue weighted by Gasteiger charge is -2.34. The largest absolute Gasteiger partial charge is 0.352 e. The van der Waals surface area contributed by atoms with Gasteiger partial charge in [0.25, 0.3) is 10.0 Å². The highest BCUT2D eigenvalue weighted by atomic mass is 35.5. The summed E-state index contributed by atoms with van der Waals surface area (Å²) in [5, 5.41) is 3.80. The zero-order valence-corrected chi connectivity index (χ0v) is 27.1. The molecule has 0 aliphatic heterocycles. The fourth-order valence-electron chi connectivity index (χ4n) is 4.88. The molecule has 44 heavy (non-hydrogen) atoms. The fraction of sp³-hybridized carbons (Fsp3) is 0.235. The highest BCUT2D eigenvalue weighted by Gasteiger charge is 2.35. The first-order chi connectivity index (χ1) is 21.0. The molecule has 0 aliphatic carbocycles. The van der Waals surface area contributed by atoms with E-state index >= 15 is 0 Å². The van der Waals surface area contributed by atoms with Gasteiger partial charge in [0.15, 0.2) is 0 Å². The van der Waals surface area contributed by atoms with Crippen molar-refractivity contribution in [2.75, 3.05) is 10.8 Å². The molecule has 10 heteroatoms. The summed E-state index contributed by atoms with van der Waals surface area (Å²) < 4.78 is 29.3. The predicted octanol–water partition coefficient (Wildman–Crippen LogP) is 6.66. The highest BCUT2D eigenvalue weighted by molar-refractivity contribution is 7.92. The summed E-state index contributed by atoms with van der Waals surface area (Å²) in [6.07, 6.45) is 0.209. The topological polar surface area (TPSA) is 86.8 Å². The number of anilines is 1. The van der Waals surface area contributed by atoms with Gasteiger partial charge in [-0.1, -0.05) is 89.9 Å². The summed E-state index contributed by atoms with van der Waals surface area (Å²) in [5.41, 5.74) is 2.34. The molecule has 1 atom stereocenters. The van der Waals surface area contributed by atoms with Gasteiger partial charge in [0.1, 0.15) is 12.6 Å². The van der Waals surface area contributed by atoms with Crippen LogP contribution in [0, 0.1) is 6.92 Å². The van der Waals surface area contributed by atoms with Crippen LogP contribution >= 0.6 is 23.2 Å². The molecule has 2 amide bonds. The van der Waals surface area contributed by atoms with Gasteiger partial charge < -0.3 is 10.2 Å². The Balaban J connectivity index is 1.83. The standard InChI is InChI=1S/C34H35Cl2N3O4S/c1-24(2)37-34(41)32(21-26-12-6-4-7-13-26)38(22-27-14-10-11-17-30(27)36)33(40)23-39(31-19-18-28(35)20-25(31)3)44(42,43)29-15-8-5-9-16-29/h4-20,24,32H,21-23H2,1-3H3,(H,37,41)/t32-/m0/s1. The second-order valence-corrected chi connectivity index (χ2v) is 13.4. The molecular formula is C34H35Cl2N3O4S. The minimum Gasteiger partial charge on any atom is -0.352 e. The zero-order chi connectivity index (χ0) is 31.9. The van der Waals surface area contributed by atoms with Crippen LogP contribution in [0.3, 0.4) is 0 Å². The minimum atomic E-state index is -4.21. The van der Waals surface area contributed by atoms with E-state index in [1.54, 1.807) is 67.6 Å². The Morgan fingerprint density at radius 2 is 1.45 bits per heavy atom. The Bertz CT molecular complexity index is 1700. The van der Waals surface area contributed by atoms with Crippen molar-refractivity contribution in [2.24, 2.45) is 0 Å². The van der Waals surface area contributed by atoms with E-state index in [1.165, 1.54) is 17.0 Å². The molecule has 0 saturated carbocycles. The van der Waals surface area contributed by atoms with Crippen LogP contribution in [0.25, 0.3) is 0 Å². The quantitative estimate of drug-likeness (QED) is 0.186. The van der Waals surface area contributed by atoms with Gasteiger partial charge >= 0.3 is 0 Å². The molecule has 230 valence electrons. The molecule has 0 unspecified atom stereocenters. The first-order valence-electron chi connectivity index (χ1n) is 14.2. The maximum atomic E-state index is 14.5. The summed E-state index contributed by atoms with van der Waals surface area (Å²) >= 11 is 12.7. The number of carbonyl (C=O) groups is 2. The molecule has 4 rings (SSSR count). The number of halogens is 2. The van der Waals surface area contributed by atoms with Crippen molar-refractivity contribution < 1.29 is 18.0 Å². The van der Waals surface area contributed by atoms with E-state index in [0.29, 0.717) is 26.9 Å². The molecule has 0 bridgehead atoms. The molecule has 0 spiro atoms. The van der Waals surface area contributed by atoms with Gasteiger partial charge in [0.2, 0.25) is 11.8 Å². The van der Waals surface area contributed by atoms with Crippen LogP contribution in [0.5, 0.6) is 0 Å². The molecule has 0 aliphatic rings. The number of nitrogens with one attached hydrogen (secondary N) is 1. The van der Waals surface area contributed by atoms with Crippen molar-refractivity contribution >= 4 is 50.7 Å². The third kappa shape index (κ3) is 8.20. The Kier molecular flexibility index (Phi) is 11.1. The number of hydrogen-bond donors (Lipinski definition) is 1. The number of sulfonamides is 1. The Morgan fingerprint density at radius 1 is 0.841 bits per heavy atom. The third-order valence-electron chi connectivity index (χ3n) is 7.04. The zero-order valence-electron chi connectivity index (χ0n) is 24.8.